The van der Waals surface area contributed by atoms with Gasteiger partial charge in [-0.15, -0.1) is 0 Å². The van der Waals surface area contributed by atoms with E-state index >= 15 is 0 Å². The highest BCUT2D eigenvalue weighted by molar-refractivity contribution is 5.48. The van der Waals surface area contributed by atoms with E-state index in [0.29, 0.717) is 0 Å². The van der Waals surface area contributed by atoms with Gasteiger partial charge < -0.3 is 20.1 Å². The van der Waals surface area contributed by atoms with Crippen LogP contribution in [0.4, 0.5) is 5.69 Å². The van der Waals surface area contributed by atoms with Crippen molar-refractivity contribution in [3.05, 3.63) is 24.3 Å². The fraction of sp³-hybridized carbons (Fsp3) is 0.625. The molecule has 0 saturated heterocycles. The van der Waals surface area contributed by atoms with E-state index in [4.69, 9.17) is 4.74 Å². The van der Waals surface area contributed by atoms with Crippen LogP contribution in [0.2, 0.25) is 0 Å². The number of benzene rings is 1. The van der Waals surface area contributed by atoms with E-state index in [0.717, 1.165) is 31.6 Å². The van der Waals surface area contributed by atoms with E-state index < -0.39 is 0 Å². The van der Waals surface area contributed by atoms with Crippen molar-refractivity contribution in [2.24, 2.45) is 0 Å². The molecule has 0 saturated carbocycles. The van der Waals surface area contributed by atoms with E-state index in [1.54, 1.807) is 7.11 Å². The third-order valence-electron chi connectivity index (χ3n) is 4.17. The van der Waals surface area contributed by atoms with Gasteiger partial charge in [-0.25, -0.2) is 0 Å². The molecule has 1 atom stereocenters. The Kier molecular flexibility index (Phi) is 6.82. The van der Waals surface area contributed by atoms with Crippen LogP contribution in [0.15, 0.2) is 24.3 Å². The number of nitrogens with one attached hydrogen (secondary N) is 1. The fourth-order valence-electron chi connectivity index (χ4n) is 2.37. The molecule has 0 spiro atoms. The van der Waals surface area contributed by atoms with Gasteiger partial charge in [0.05, 0.1) is 13.7 Å². The van der Waals surface area contributed by atoms with Gasteiger partial charge in [0.2, 0.25) is 0 Å². The number of rotatable bonds is 9. The van der Waals surface area contributed by atoms with E-state index in [1.165, 1.54) is 5.69 Å². The molecule has 0 aliphatic rings. The SMILES string of the molecule is CCC(CO)(CCCN(C)c1ccc(OC)cc1)NC. The Bertz CT molecular complexity index is 366. The number of aliphatic hydroxyl groups excluding tert-OH is 1. The predicted molar refractivity (Wildman–Crippen MR) is 84.7 cm³/mol. The summed E-state index contributed by atoms with van der Waals surface area (Å²) in [6.45, 7) is 3.27. The number of methoxy groups -OCH3 is 1. The fourth-order valence-corrected chi connectivity index (χ4v) is 2.37. The van der Waals surface area contributed by atoms with Crippen LogP contribution >= 0.6 is 0 Å². The first kappa shape index (κ1) is 16.8. The van der Waals surface area contributed by atoms with Gasteiger partial charge in [-0.1, -0.05) is 6.92 Å². The van der Waals surface area contributed by atoms with Crippen LogP contribution in [0.5, 0.6) is 5.75 Å². The van der Waals surface area contributed by atoms with Gasteiger partial charge in [0.15, 0.2) is 0 Å². The third kappa shape index (κ3) is 4.39. The third-order valence-corrected chi connectivity index (χ3v) is 4.17. The summed E-state index contributed by atoms with van der Waals surface area (Å²) in [4.78, 5) is 2.23. The predicted octanol–water partition coefficient (Wildman–Crippen LogP) is 2.27. The summed E-state index contributed by atoms with van der Waals surface area (Å²) in [5.41, 5.74) is 1.04. The smallest absolute Gasteiger partial charge is 0.119 e. The van der Waals surface area contributed by atoms with Crippen LogP contribution in [0, 0.1) is 0 Å². The Balaban J connectivity index is 2.48. The van der Waals surface area contributed by atoms with E-state index in [1.807, 2.05) is 19.2 Å². The highest BCUT2D eigenvalue weighted by atomic mass is 16.5. The van der Waals surface area contributed by atoms with Crippen LogP contribution in [0.1, 0.15) is 26.2 Å². The molecule has 4 heteroatoms. The number of nitrogens with zero attached hydrogens (tertiary/aromatic N) is 1. The summed E-state index contributed by atoms with van der Waals surface area (Å²) in [6, 6.07) is 8.08. The highest BCUT2D eigenvalue weighted by Gasteiger charge is 2.24. The van der Waals surface area contributed by atoms with Crippen molar-refractivity contribution in [1.29, 1.82) is 0 Å². The van der Waals surface area contributed by atoms with Gasteiger partial charge in [-0.2, -0.15) is 0 Å². The molecule has 0 amide bonds. The number of likely N-dealkylation sites (N-methyl/N-ethyl adjacent to an activating group) is 1. The molecule has 0 bridgehead atoms. The molecule has 0 aliphatic carbocycles. The molecular formula is C16H28N2O2. The van der Waals surface area contributed by atoms with E-state index in [-0.39, 0.29) is 12.1 Å². The second-order valence-electron chi connectivity index (χ2n) is 5.27. The molecule has 2 N–H and O–H groups in total. The second-order valence-corrected chi connectivity index (χ2v) is 5.27. The minimum atomic E-state index is -0.138. The summed E-state index contributed by atoms with van der Waals surface area (Å²) in [5, 5.41) is 12.8. The lowest BCUT2D eigenvalue weighted by molar-refractivity contribution is 0.153. The minimum absolute atomic E-state index is 0.138. The summed E-state index contributed by atoms with van der Waals surface area (Å²) >= 11 is 0. The Hall–Kier alpha value is -1.26. The molecule has 0 aromatic heterocycles. The van der Waals surface area contributed by atoms with E-state index in [9.17, 15) is 5.11 Å². The first-order valence-corrected chi connectivity index (χ1v) is 7.25. The molecule has 0 fully saturated rings. The largest absolute Gasteiger partial charge is 0.497 e. The number of anilines is 1. The van der Waals surface area contributed by atoms with Gasteiger partial charge in [0.25, 0.3) is 0 Å². The molecule has 1 aromatic carbocycles. The summed E-state index contributed by atoms with van der Waals surface area (Å²) in [7, 11) is 5.69. The molecule has 20 heavy (non-hydrogen) atoms. The van der Waals surface area contributed by atoms with Crippen LogP contribution < -0.4 is 15.0 Å². The number of aliphatic hydroxyl groups is 1. The van der Waals surface area contributed by atoms with Gasteiger partial charge in [-0.3, -0.25) is 0 Å². The van der Waals surface area contributed by atoms with Crippen LogP contribution in [-0.4, -0.2) is 45.0 Å². The Morgan fingerprint density at radius 1 is 1.30 bits per heavy atom. The second kappa shape index (κ2) is 8.12. The topological polar surface area (TPSA) is 44.7 Å². The number of ether oxygens (including phenoxy) is 1. The molecule has 1 aromatic rings. The minimum Gasteiger partial charge on any atom is -0.497 e. The number of hydrogen-bond acceptors (Lipinski definition) is 4. The van der Waals surface area contributed by atoms with Crippen molar-refractivity contribution in [3.8, 4) is 5.75 Å². The van der Waals surface area contributed by atoms with Crippen molar-refractivity contribution >= 4 is 5.69 Å². The first-order valence-electron chi connectivity index (χ1n) is 7.25. The summed E-state index contributed by atoms with van der Waals surface area (Å²) in [6.07, 6.45) is 2.95. The summed E-state index contributed by atoms with van der Waals surface area (Å²) < 4.78 is 5.16. The van der Waals surface area contributed by atoms with Crippen molar-refractivity contribution in [2.75, 3.05) is 39.3 Å². The summed E-state index contributed by atoms with van der Waals surface area (Å²) in [5.74, 6) is 0.877. The lowest BCUT2D eigenvalue weighted by atomic mass is 9.91. The Labute approximate surface area is 122 Å². The maximum atomic E-state index is 9.53. The molecule has 0 aliphatic heterocycles. The average molecular weight is 280 g/mol. The van der Waals surface area contributed by atoms with Crippen LogP contribution in [0.25, 0.3) is 0 Å². The monoisotopic (exact) mass is 280 g/mol. The van der Waals surface area contributed by atoms with E-state index in [2.05, 4.69) is 36.3 Å². The molecule has 0 radical (unpaired) electrons. The van der Waals surface area contributed by atoms with Gasteiger partial charge >= 0.3 is 0 Å². The van der Waals surface area contributed by atoms with Crippen molar-refractivity contribution in [3.63, 3.8) is 0 Å². The first-order chi connectivity index (χ1) is 9.60. The van der Waals surface area contributed by atoms with Gasteiger partial charge in [0.1, 0.15) is 5.75 Å². The molecule has 114 valence electrons. The normalized spacial score (nSPS) is 13.8. The zero-order chi connectivity index (χ0) is 15.0. The zero-order valence-corrected chi connectivity index (χ0v) is 13.1. The highest BCUT2D eigenvalue weighted by Crippen LogP contribution is 2.20. The average Bonchev–Trinajstić information content (AvgIpc) is 2.52. The van der Waals surface area contributed by atoms with Gasteiger partial charge in [-0.05, 0) is 50.6 Å². The van der Waals surface area contributed by atoms with Crippen LogP contribution in [0.3, 0.4) is 0 Å². The maximum absolute atomic E-state index is 9.53. The lowest BCUT2D eigenvalue weighted by Gasteiger charge is -2.31. The van der Waals surface area contributed by atoms with Crippen molar-refractivity contribution in [1.82, 2.24) is 5.32 Å². The molecule has 4 nitrogen and oxygen atoms in total. The Morgan fingerprint density at radius 2 is 1.95 bits per heavy atom. The van der Waals surface area contributed by atoms with Crippen molar-refractivity contribution < 1.29 is 9.84 Å². The van der Waals surface area contributed by atoms with Crippen LogP contribution in [-0.2, 0) is 0 Å². The van der Waals surface area contributed by atoms with Crippen molar-refractivity contribution in [2.45, 2.75) is 31.7 Å². The Morgan fingerprint density at radius 3 is 2.40 bits per heavy atom. The molecule has 0 heterocycles. The molecular weight excluding hydrogens is 252 g/mol. The quantitative estimate of drug-likeness (QED) is 0.728. The number of hydrogen-bond donors (Lipinski definition) is 2. The maximum Gasteiger partial charge on any atom is 0.119 e. The molecule has 1 unspecified atom stereocenters. The standard InChI is InChI=1S/C16H28N2O2/c1-5-16(13-19,17-2)11-6-12-18(3)14-7-9-15(20-4)10-8-14/h7-10,17,19H,5-6,11-13H2,1-4H3. The zero-order valence-electron chi connectivity index (χ0n) is 13.1. The lowest BCUT2D eigenvalue weighted by Crippen LogP contribution is -2.46. The molecule has 1 rings (SSSR count). The van der Waals surface area contributed by atoms with Gasteiger partial charge in [0, 0.05) is 24.8 Å².